The second-order valence-electron chi connectivity index (χ2n) is 4.22. The minimum Gasteiger partial charge on any atom is -0.497 e. The Balaban J connectivity index is 2.06. The molecule has 2 aromatic rings. The minimum atomic E-state index is -0.327. The van der Waals surface area contributed by atoms with Gasteiger partial charge < -0.3 is 9.47 Å². The number of hydrogen-bond donors (Lipinski definition) is 0. The molecular weight excluding hydrogens is 240 g/mol. The molecule has 0 fully saturated rings. The Morgan fingerprint density at radius 2 is 1.89 bits per heavy atom. The number of carbonyl (C=O) groups is 1. The fraction of sp³-hybridized carbons (Fsp3) is 0.0625. The molecule has 0 N–H and O–H groups in total. The van der Waals surface area contributed by atoms with E-state index < -0.39 is 0 Å². The van der Waals surface area contributed by atoms with Crippen molar-refractivity contribution in [3.8, 4) is 11.5 Å². The zero-order valence-corrected chi connectivity index (χ0v) is 10.4. The molecule has 1 aliphatic heterocycles. The first-order valence-corrected chi connectivity index (χ1v) is 5.95. The van der Waals surface area contributed by atoms with Gasteiger partial charge in [0.25, 0.3) is 0 Å². The van der Waals surface area contributed by atoms with Crippen molar-refractivity contribution in [1.29, 1.82) is 0 Å². The first-order valence-electron chi connectivity index (χ1n) is 5.95. The van der Waals surface area contributed by atoms with Gasteiger partial charge in [0.15, 0.2) is 0 Å². The molecule has 0 spiro atoms. The largest absolute Gasteiger partial charge is 0.497 e. The Labute approximate surface area is 111 Å². The van der Waals surface area contributed by atoms with E-state index in [2.05, 4.69) is 0 Å². The van der Waals surface area contributed by atoms with Gasteiger partial charge in [0, 0.05) is 11.6 Å². The summed E-state index contributed by atoms with van der Waals surface area (Å²) in [4.78, 5) is 11.9. The molecular formula is C16H12O3. The molecule has 3 heteroatoms. The van der Waals surface area contributed by atoms with Gasteiger partial charge in [-0.05, 0) is 23.8 Å². The molecule has 0 amide bonds. The third-order valence-corrected chi connectivity index (χ3v) is 3.01. The van der Waals surface area contributed by atoms with Crippen LogP contribution < -0.4 is 9.47 Å². The van der Waals surface area contributed by atoms with E-state index in [0.717, 1.165) is 11.1 Å². The fourth-order valence-corrected chi connectivity index (χ4v) is 2.05. The topological polar surface area (TPSA) is 35.5 Å². The van der Waals surface area contributed by atoms with Crippen molar-refractivity contribution in [2.45, 2.75) is 0 Å². The second kappa shape index (κ2) is 4.61. The lowest BCUT2D eigenvalue weighted by atomic mass is 10.0. The lowest BCUT2D eigenvalue weighted by molar-refractivity contribution is -0.126. The van der Waals surface area contributed by atoms with Crippen LogP contribution in [0.2, 0.25) is 0 Å². The SMILES string of the molecule is COc1ccc2c(c1)OC(=O)C2=Cc1ccccc1. The maximum atomic E-state index is 11.9. The summed E-state index contributed by atoms with van der Waals surface area (Å²) >= 11 is 0. The van der Waals surface area contributed by atoms with E-state index in [1.54, 1.807) is 13.2 Å². The third kappa shape index (κ3) is 2.10. The van der Waals surface area contributed by atoms with Crippen LogP contribution in [0.4, 0.5) is 0 Å². The lowest BCUT2D eigenvalue weighted by Crippen LogP contribution is -2.00. The van der Waals surface area contributed by atoms with Crippen LogP contribution in [0.3, 0.4) is 0 Å². The molecule has 3 rings (SSSR count). The van der Waals surface area contributed by atoms with Crippen LogP contribution >= 0.6 is 0 Å². The highest BCUT2D eigenvalue weighted by Gasteiger charge is 2.27. The standard InChI is InChI=1S/C16H12O3/c1-18-12-7-8-13-14(16(17)19-15(13)10-12)9-11-5-3-2-4-6-11/h2-10H,1H3. The number of fused-ring (bicyclic) bond motifs is 1. The average Bonchev–Trinajstić information content (AvgIpc) is 2.75. The lowest BCUT2D eigenvalue weighted by Gasteiger charge is -2.01. The molecule has 0 radical (unpaired) electrons. The quantitative estimate of drug-likeness (QED) is 0.468. The summed E-state index contributed by atoms with van der Waals surface area (Å²) < 4.78 is 10.4. The summed E-state index contributed by atoms with van der Waals surface area (Å²) in [7, 11) is 1.58. The van der Waals surface area contributed by atoms with Crippen molar-refractivity contribution < 1.29 is 14.3 Å². The second-order valence-corrected chi connectivity index (χ2v) is 4.22. The van der Waals surface area contributed by atoms with Crippen LogP contribution in [0.5, 0.6) is 11.5 Å². The first kappa shape index (κ1) is 11.5. The van der Waals surface area contributed by atoms with Gasteiger partial charge in [0.1, 0.15) is 11.5 Å². The molecule has 2 aromatic carbocycles. The van der Waals surface area contributed by atoms with E-state index in [1.165, 1.54) is 0 Å². The van der Waals surface area contributed by atoms with Crippen LogP contribution in [-0.2, 0) is 4.79 Å². The summed E-state index contributed by atoms with van der Waals surface area (Å²) in [6.07, 6.45) is 1.83. The van der Waals surface area contributed by atoms with Gasteiger partial charge in [-0.25, -0.2) is 4.79 Å². The van der Waals surface area contributed by atoms with E-state index in [1.807, 2.05) is 48.5 Å². The number of carbonyl (C=O) groups excluding carboxylic acids is 1. The van der Waals surface area contributed by atoms with E-state index >= 15 is 0 Å². The number of methoxy groups -OCH3 is 1. The van der Waals surface area contributed by atoms with Crippen LogP contribution in [0, 0.1) is 0 Å². The normalized spacial score (nSPS) is 15.2. The maximum absolute atomic E-state index is 11.9. The number of esters is 1. The van der Waals surface area contributed by atoms with Gasteiger partial charge in [-0.1, -0.05) is 30.3 Å². The Kier molecular flexibility index (Phi) is 2.80. The molecule has 0 aliphatic carbocycles. The van der Waals surface area contributed by atoms with Gasteiger partial charge in [-0.2, -0.15) is 0 Å². The van der Waals surface area contributed by atoms with Gasteiger partial charge in [0.05, 0.1) is 12.7 Å². The average molecular weight is 252 g/mol. The Bertz CT molecular complexity index is 657. The summed E-state index contributed by atoms with van der Waals surface area (Å²) in [5.74, 6) is 0.895. The summed E-state index contributed by atoms with van der Waals surface area (Å²) in [6.45, 7) is 0. The van der Waals surface area contributed by atoms with Gasteiger partial charge in [0.2, 0.25) is 0 Å². The molecule has 0 saturated heterocycles. The molecule has 1 aliphatic rings. The number of hydrogen-bond acceptors (Lipinski definition) is 3. The highest BCUT2D eigenvalue weighted by molar-refractivity contribution is 6.26. The summed E-state index contributed by atoms with van der Waals surface area (Å²) in [5.41, 5.74) is 2.34. The molecule has 0 unspecified atom stereocenters. The predicted octanol–water partition coefficient (Wildman–Crippen LogP) is 3.15. The van der Waals surface area contributed by atoms with Crippen molar-refractivity contribution in [3.63, 3.8) is 0 Å². The van der Waals surface area contributed by atoms with Crippen molar-refractivity contribution in [3.05, 3.63) is 59.7 Å². The minimum absolute atomic E-state index is 0.327. The van der Waals surface area contributed by atoms with Gasteiger partial charge >= 0.3 is 5.97 Å². The first-order chi connectivity index (χ1) is 9.28. The van der Waals surface area contributed by atoms with Crippen LogP contribution in [-0.4, -0.2) is 13.1 Å². The third-order valence-electron chi connectivity index (χ3n) is 3.01. The highest BCUT2D eigenvalue weighted by Crippen LogP contribution is 2.37. The number of ether oxygens (including phenoxy) is 2. The van der Waals surface area contributed by atoms with Crippen molar-refractivity contribution in [2.75, 3.05) is 7.11 Å². The molecule has 0 atom stereocenters. The van der Waals surface area contributed by atoms with Crippen molar-refractivity contribution in [2.24, 2.45) is 0 Å². The van der Waals surface area contributed by atoms with Gasteiger partial charge in [-0.3, -0.25) is 0 Å². The molecule has 94 valence electrons. The number of benzene rings is 2. The van der Waals surface area contributed by atoms with E-state index in [4.69, 9.17) is 9.47 Å². The van der Waals surface area contributed by atoms with Crippen LogP contribution in [0.15, 0.2) is 48.5 Å². The molecule has 19 heavy (non-hydrogen) atoms. The highest BCUT2D eigenvalue weighted by atomic mass is 16.5. The fourth-order valence-electron chi connectivity index (χ4n) is 2.05. The Morgan fingerprint density at radius 3 is 2.63 bits per heavy atom. The molecule has 0 aromatic heterocycles. The maximum Gasteiger partial charge on any atom is 0.344 e. The zero-order chi connectivity index (χ0) is 13.2. The van der Waals surface area contributed by atoms with Crippen LogP contribution in [0.25, 0.3) is 11.6 Å². The van der Waals surface area contributed by atoms with Crippen molar-refractivity contribution >= 4 is 17.6 Å². The van der Waals surface area contributed by atoms with Gasteiger partial charge in [-0.15, -0.1) is 0 Å². The number of rotatable bonds is 2. The molecule has 1 heterocycles. The smallest absolute Gasteiger partial charge is 0.344 e. The monoisotopic (exact) mass is 252 g/mol. The molecule has 0 saturated carbocycles. The van der Waals surface area contributed by atoms with E-state index in [0.29, 0.717) is 17.1 Å². The molecule has 3 nitrogen and oxygen atoms in total. The Hall–Kier alpha value is -2.55. The summed E-state index contributed by atoms with van der Waals surface area (Å²) in [5, 5.41) is 0. The van der Waals surface area contributed by atoms with Crippen LogP contribution in [0.1, 0.15) is 11.1 Å². The molecule has 0 bridgehead atoms. The van der Waals surface area contributed by atoms with Crippen molar-refractivity contribution in [1.82, 2.24) is 0 Å². The van der Waals surface area contributed by atoms with E-state index in [-0.39, 0.29) is 5.97 Å². The zero-order valence-electron chi connectivity index (χ0n) is 10.4. The summed E-state index contributed by atoms with van der Waals surface area (Å²) in [6, 6.07) is 15.1. The van der Waals surface area contributed by atoms with E-state index in [9.17, 15) is 4.79 Å². The predicted molar refractivity (Wildman–Crippen MR) is 72.9 cm³/mol. The Morgan fingerprint density at radius 1 is 1.11 bits per heavy atom.